The summed E-state index contributed by atoms with van der Waals surface area (Å²) in [5.41, 5.74) is 5.90. The molecule has 0 aliphatic carbocycles. The molecule has 0 radical (unpaired) electrons. The predicted octanol–water partition coefficient (Wildman–Crippen LogP) is 4.99. The zero-order valence-corrected chi connectivity index (χ0v) is 24.5. The fraction of sp³-hybridized carbons (Fsp3) is 0.206. The van der Waals surface area contributed by atoms with Crippen LogP contribution in [0.5, 0.6) is 0 Å². The maximum Gasteiger partial charge on any atom is 0.234 e. The molecule has 2 aromatic heterocycles. The van der Waals surface area contributed by atoms with Crippen molar-refractivity contribution in [2.75, 3.05) is 54.9 Å². The number of anilines is 4. The SMILES string of the molecule is CN1CC=C/C(=C2/Nc3ccc(-c4ccccc4)nc3N2c2ccc(CN3CCN(c4ccnc(C#N)n4)CC3)cc2)C1=N. The van der Waals surface area contributed by atoms with Gasteiger partial charge in [0, 0.05) is 63.8 Å². The first kappa shape index (κ1) is 27.3. The van der Waals surface area contributed by atoms with Gasteiger partial charge in [0.2, 0.25) is 5.82 Å². The molecule has 1 saturated heterocycles. The smallest absolute Gasteiger partial charge is 0.234 e. The van der Waals surface area contributed by atoms with Crippen LogP contribution in [0.3, 0.4) is 0 Å². The van der Waals surface area contributed by atoms with Crippen molar-refractivity contribution in [2.24, 2.45) is 0 Å². The van der Waals surface area contributed by atoms with Gasteiger partial charge in [-0.15, -0.1) is 0 Å². The van der Waals surface area contributed by atoms with Crippen LogP contribution in [0.25, 0.3) is 11.3 Å². The summed E-state index contributed by atoms with van der Waals surface area (Å²) in [6.07, 6.45) is 5.76. The summed E-state index contributed by atoms with van der Waals surface area (Å²) in [5, 5.41) is 21.5. The molecule has 3 aliphatic heterocycles. The average Bonchev–Trinajstić information content (AvgIpc) is 3.45. The minimum absolute atomic E-state index is 0.203. The lowest BCUT2D eigenvalue weighted by molar-refractivity contribution is 0.249. The van der Waals surface area contributed by atoms with Gasteiger partial charge >= 0.3 is 0 Å². The highest BCUT2D eigenvalue weighted by molar-refractivity contribution is 6.03. The first-order chi connectivity index (χ1) is 21.6. The van der Waals surface area contributed by atoms with E-state index in [1.54, 1.807) is 6.20 Å². The molecule has 2 N–H and O–H groups in total. The number of aromatic nitrogens is 3. The van der Waals surface area contributed by atoms with Crippen LogP contribution >= 0.6 is 0 Å². The molecule has 4 aromatic rings. The van der Waals surface area contributed by atoms with Gasteiger partial charge in [0.15, 0.2) is 5.82 Å². The number of likely N-dealkylation sites (N-methyl/N-ethyl adjacent to an activating group) is 1. The Balaban J connectivity index is 1.14. The van der Waals surface area contributed by atoms with Gasteiger partial charge < -0.3 is 15.1 Å². The van der Waals surface area contributed by atoms with Crippen molar-refractivity contribution in [3.05, 3.63) is 114 Å². The Morgan fingerprint density at radius 2 is 1.73 bits per heavy atom. The molecule has 10 heteroatoms. The van der Waals surface area contributed by atoms with Gasteiger partial charge in [-0.2, -0.15) is 5.26 Å². The lowest BCUT2D eigenvalue weighted by atomic mass is 10.1. The zero-order chi connectivity index (χ0) is 30.0. The zero-order valence-electron chi connectivity index (χ0n) is 24.5. The number of benzene rings is 2. The Kier molecular flexibility index (Phi) is 7.22. The summed E-state index contributed by atoms with van der Waals surface area (Å²) in [5.74, 6) is 3.13. The Morgan fingerprint density at radius 1 is 0.932 bits per heavy atom. The number of piperazine rings is 1. The number of pyridine rings is 1. The maximum atomic E-state index is 9.14. The molecule has 0 spiro atoms. The molecule has 0 saturated carbocycles. The Labute approximate surface area is 256 Å². The number of amidine groups is 1. The highest BCUT2D eigenvalue weighted by atomic mass is 15.4. The Bertz CT molecular complexity index is 1800. The number of nitrogens with one attached hydrogen (secondary N) is 2. The highest BCUT2D eigenvalue weighted by Crippen LogP contribution is 2.43. The summed E-state index contributed by atoms with van der Waals surface area (Å²) < 4.78 is 0. The third-order valence-electron chi connectivity index (χ3n) is 8.23. The van der Waals surface area contributed by atoms with Crippen LogP contribution in [0.1, 0.15) is 11.4 Å². The molecule has 0 bridgehead atoms. The first-order valence-electron chi connectivity index (χ1n) is 14.7. The van der Waals surface area contributed by atoms with Gasteiger partial charge in [0.25, 0.3) is 0 Å². The van der Waals surface area contributed by atoms with E-state index in [1.165, 1.54) is 5.56 Å². The van der Waals surface area contributed by atoms with Crippen molar-refractivity contribution in [3.63, 3.8) is 0 Å². The fourth-order valence-corrected chi connectivity index (χ4v) is 5.83. The molecule has 0 unspecified atom stereocenters. The molecular formula is C34H32N10. The molecule has 1 fully saturated rings. The summed E-state index contributed by atoms with van der Waals surface area (Å²) in [6.45, 7) is 5.05. The van der Waals surface area contributed by atoms with Crippen LogP contribution in [0, 0.1) is 16.7 Å². The van der Waals surface area contributed by atoms with Gasteiger partial charge in [-0.05, 0) is 42.0 Å². The largest absolute Gasteiger partial charge is 0.356 e. The van der Waals surface area contributed by atoms with Crippen molar-refractivity contribution in [1.29, 1.82) is 10.7 Å². The van der Waals surface area contributed by atoms with Crippen LogP contribution in [0.15, 0.2) is 103 Å². The van der Waals surface area contributed by atoms with E-state index < -0.39 is 0 Å². The quantitative estimate of drug-likeness (QED) is 0.337. The second-order valence-corrected chi connectivity index (χ2v) is 11.1. The molecule has 10 nitrogen and oxygen atoms in total. The minimum atomic E-state index is 0.203. The molecule has 3 aliphatic rings. The van der Waals surface area contributed by atoms with Crippen LogP contribution in [-0.2, 0) is 6.54 Å². The van der Waals surface area contributed by atoms with E-state index in [2.05, 4.69) is 78.5 Å². The summed E-state index contributed by atoms with van der Waals surface area (Å²) in [6, 6.07) is 26.8. The molecular weight excluding hydrogens is 548 g/mol. The van der Waals surface area contributed by atoms with E-state index in [0.717, 1.165) is 78.4 Å². The van der Waals surface area contributed by atoms with E-state index in [0.29, 0.717) is 12.4 Å². The number of rotatable bonds is 5. The lowest BCUT2D eigenvalue weighted by Crippen LogP contribution is -2.46. The Morgan fingerprint density at radius 3 is 2.50 bits per heavy atom. The summed E-state index contributed by atoms with van der Waals surface area (Å²) in [7, 11) is 1.94. The van der Waals surface area contributed by atoms with Crippen molar-refractivity contribution >= 4 is 28.8 Å². The van der Waals surface area contributed by atoms with Crippen molar-refractivity contribution in [1.82, 2.24) is 24.8 Å². The number of nitriles is 1. The standard InChI is InChI=1S/C34H32N10/c1-41-17-5-8-27(32(41)36)33-39-29-14-13-28(25-6-3-2-4-7-25)38-34(29)44(33)26-11-9-24(10-12-26)23-42-18-20-43(21-19-42)31-15-16-37-30(22-35)40-31/h2-16,36,39H,17-21,23H2,1H3/b33-27+,36-32?. The van der Waals surface area contributed by atoms with Gasteiger partial charge in [0.1, 0.15) is 23.5 Å². The molecule has 2 aromatic carbocycles. The maximum absolute atomic E-state index is 9.14. The Hall–Kier alpha value is -5.53. The van der Waals surface area contributed by atoms with E-state index >= 15 is 0 Å². The molecule has 0 amide bonds. The van der Waals surface area contributed by atoms with Crippen LogP contribution < -0.4 is 15.1 Å². The molecule has 218 valence electrons. The summed E-state index contributed by atoms with van der Waals surface area (Å²) >= 11 is 0. The van der Waals surface area contributed by atoms with Gasteiger partial charge in [-0.3, -0.25) is 15.2 Å². The van der Waals surface area contributed by atoms with Crippen LogP contribution in [0.2, 0.25) is 0 Å². The first-order valence-corrected chi connectivity index (χ1v) is 14.7. The van der Waals surface area contributed by atoms with Gasteiger partial charge in [-0.1, -0.05) is 48.5 Å². The van der Waals surface area contributed by atoms with Crippen LogP contribution in [0.4, 0.5) is 23.0 Å². The van der Waals surface area contributed by atoms with Gasteiger partial charge in [0.05, 0.1) is 17.0 Å². The third-order valence-corrected chi connectivity index (χ3v) is 8.23. The highest BCUT2D eigenvalue weighted by Gasteiger charge is 2.32. The average molecular weight is 581 g/mol. The predicted molar refractivity (Wildman–Crippen MR) is 173 cm³/mol. The number of hydrogen-bond donors (Lipinski definition) is 2. The minimum Gasteiger partial charge on any atom is -0.356 e. The monoisotopic (exact) mass is 580 g/mol. The second kappa shape index (κ2) is 11.6. The molecule has 5 heterocycles. The summed E-state index contributed by atoms with van der Waals surface area (Å²) in [4.78, 5) is 22.2. The normalized spacial score (nSPS) is 18.3. The van der Waals surface area contributed by atoms with E-state index in [1.807, 2.05) is 54.4 Å². The topological polar surface area (TPSA) is 111 Å². The lowest BCUT2D eigenvalue weighted by Gasteiger charge is -2.35. The van der Waals surface area contributed by atoms with E-state index in [9.17, 15) is 0 Å². The number of nitrogens with zero attached hydrogens (tertiary/aromatic N) is 8. The van der Waals surface area contributed by atoms with Crippen molar-refractivity contribution in [3.8, 4) is 17.3 Å². The van der Waals surface area contributed by atoms with Gasteiger partial charge in [-0.25, -0.2) is 15.0 Å². The van der Waals surface area contributed by atoms with Crippen molar-refractivity contribution in [2.45, 2.75) is 6.54 Å². The fourth-order valence-electron chi connectivity index (χ4n) is 5.83. The van der Waals surface area contributed by atoms with E-state index in [4.69, 9.17) is 15.7 Å². The molecule has 7 rings (SSSR count). The molecule has 44 heavy (non-hydrogen) atoms. The molecule has 0 atom stereocenters. The second-order valence-electron chi connectivity index (χ2n) is 11.1. The third kappa shape index (κ3) is 5.25. The number of fused-ring (bicyclic) bond motifs is 1. The van der Waals surface area contributed by atoms with Crippen molar-refractivity contribution < 1.29 is 0 Å². The van der Waals surface area contributed by atoms with Crippen LogP contribution in [-0.4, -0.2) is 70.4 Å². The number of hydrogen-bond acceptors (Lipinski definition) is 9. The van der Waals surface area contributed by atoms with E-state index in [-0.39, 0.29) is 5.82 Å².